The third kappa shape index (κ3) is 8.00. The summed E-state index contributed by atoms with van der Waals surface area (Å²) in [5.41, 5.74) is 6.73. The lowest BCUT2D eigenvalue weighted by Crippen LogP contribution is -2.47. The maximum absolute atomic E-state index is 12.1. The monoisotopic (exact) mass is 427 g/mol. The summed E-state index contributed by atoms with van der Waals surface area (Å²) < 4.78 is 11.1. The van der Waals surface area contributed by atoms with Gasteiger partial charge in [0.15, 0.2) is 6.61 Å². The second-order valence-electron chi connectivity index (χ2n) is 7.02. The Balaban J connectivity index is 1.69. The predicted octanol–water partition coefficient (Wildman–Crippen LogP) is 2.44. The molecular weight excluding hydrogens is 398 g/mol. The molecule has 0 saturated heterocycles. The number of amides is 3. The minimum absolute atomic E-state index is 0.245. The lowest BCUT2D eigenvalue weighted by Gasteiger charge is -2.12. The van der Waals surface area contributed by atoms with Gasteiger partial charge < -0.3 is 14.8 Å². The lowest BCUT2D eigenvalue weighted by molar-refractivity contribution is -0.129. The minimum atomic E-state index is -0.562. The van der Waals surface area contributed by atoms with E-state index in [9.17, 15) is 14.4 Å². The van der Waals surface area contributed by atoms with E-state index in [1.807, 2.05) is 32.0 Å². The SMILES string of the molecule is CCCCOc1ccc(C(=O)NCC(=O)NNC(=O)COc2c(C)cccc2C)cc1. The van der Waals surface area contributed by atoms with Gasteiger partial charge in [-0.1, -0.05) is 31.5 Å². The van der Waals surface area contributed by atoms with Crippen LogP contribution in [0.5, 0.6) is 11.5 Å². The lowest BCUT2D eigenvalue weighted by atomic mass is 10.1. The predicted molar refractivity (Wildman–Crippen MR) is 117 cm³/mol. The number of hydrazine groups is 1. The second-order valence-corrected chi connectivity index (χ2v) is 7.02. The molecule has 3 N–H and O–H groups in total. The first-order chi connectivity index (χ1) is 14.9. The zero-order valence-corrected chi connectivity index (χ0v) is 18.1. The van der Waals surface area contributed by atoms with Gasteiger partial charge in [0.25, 0.3) is 17.7 Å². The molecule has 0 heterocycles. The standard InChI is InChI=1S/C23H29N3O5/c1-4-5-13-30-19-11-9-18(10-12-19)23(29)24-14-20(27)25-26-21(28)15-31-22-16(2)7-6-8-17(22)3/h6-12H,4-5,13-15H2,1-3H3,(H,24,29)(H,25,27)(H,26,28). The Hall–Kier alpha value is -3.55. The summed E-state index contributed by atoms with van der Waals surface area (Å²) in [6, 6.07) is 12.3. The minimum Gasteiger partial charge on any atom is -0.494 e. The van der Waals surface area contributed by atoms with Gasteiger partial charge in [0.2, 0.25) is 0 Å². The average molecular weight is 428 g/mol. The zero-order valence-electron chi connectivity index (χ0n) is 18.1. The van der Waals surface area contributed by atoms with Crippen molar-refractivity contribution in [1.29, 1.82) is 0 Å². The largest absolute Gasteiger partial charge is 0.494 e. The van der Waals surface area contributed by atoms with Crippen LogP contribution in [0.25, 0.3) is 0 Å². The summed E-state index contributed by atoms with van der Waals surface area (Å²) in [5.74, 6) is -0.152. The van der Waals surface area contributed by atoms with Crippen LogP contribution in [0.2, 0.25) is 0 Å². The van der Waals surface area contributed by atoms with Crippen molar-refractivity contribution in [2.24, 2.45) is 0 Å². The number of nitrogens with one attached hydrogen (secondary N) is 3. The van der Waals surface area contributed by atoms with Crippen molar-refractivity contribution in [3.8, 4) is 11.5 Å². The van der Waals surface area contributed by atoms with E-state index in [0.717, 1.165) is 24.0 Å². The van der Waals surface area contributed by atoms with Gasteiger partial charge in [-0.2, -0.15) is 0 Å². The van der Waals surface area contributed by atoms with Crippen LogP contribution in [0.4, 0.5) is 0 Å². The van der Waals surface area contributed by atoms with Crippen molar-refractivity contribution >= 4 is 17.7 Å². The van der Waals surface area contributed by atoms with Crippen LogP contribution in [0, 0.1) is 13.8 Å². The number of rotatable bonds is 10. The average Bonchev–Trinajstić information content (AvgIpc) is 2.76. The molecule has 0 saturated carbocycles. The van der Waals surface area contributed by atoms with Gasteiger partial charge in [-0.15, -0.1) is 0 Å². The Kier molecular flexibility index (Phi) is 9.35. The molecule has 0 unspecified atom stereocenters. The molecule has 166 valence electrons. The molecule has 0 aliphatic rings. The highest BCUT2D eigenvalue weighted by Crippen LogP contribution is 2.21. The fraction of sp³-hybridized carbons (Fsp3) is 0.348. The first-order valence-corrected chi connectivity index (χ1v) is 10.2. The van der Waals surface area contributed by atoms with E-state index >= 15 is 0 Å². The molecule has 0 aliphatic heterocycles. The van der Waals surface area contributed by atoms with E-state index in [0.29, 0.717) is 23.7 Å². The summed E-state index contributed by atoms with van der Waals surface area (Å²) in [6.45, 7) is 5.95. The normalized spacial score (nSPS) is 10.2. The van der Waals surface area contributed by atoms with Crippen molar-refractivity contribution in [2.45, 2.75) is 33.6 Å². The molecular formula is C23H29N3O5. The van der Waals surface area contributed by atoms with Crippen molar-refractivity contribution in [2.75, 3.05) is 19.8 Å². The number of aryl methyl sites for hydroxylation is 2. The molecule has 8 nitrogen and oxygen atoms in total. The molecule has 2 aromatic rings. The zero-order chi connectivity index (χ0) is 22.6. The summed E-state index contributed by atoms with van der Waals surface area (Å²) in [5, 5.41) is 2.49. The maximum Gasteiger partial charge on any atom is 0.276 e. The first kappa shape index (κ1) is 23.7. The topological polar surface area (TPSA) is 106 Å². The molecule has 0 atom stereocenters. The van der Waals surface area contributed by atoms with E-state index in [1.165, 1.54) is 0 Å². The molecule has 3 amide bonds. The van der Waals surface area contributed by atoms with E-state index < -0.39 is 17.7 Å². The number of hydrogen-bond donors (Lipinski definition) is 3. The summed E-state index contributed by atoms with van der Waals surface area (Å²) >= 11 is 0. The highest BCUT2D eigenvalue weighted by atomic mass is 16.5. The van der Waals surface area contributed by atoms with Crippen molar-refractivity contribution in [1.82, 2.24) is 16.2 Å². The molecule has 0 aromatic heterocycles. The van der Waals surface area contributed by atoms with E-state index in [2.05, 4.69) is 23.1 Å². The highest BCUT2D eigenvalue weighted by Gasteiger charge is 2.11. The van der Waals surface area contributed by atoms with Crippen LogP contribution in [-0.2, 0) is 9.59 Å². The van der Waals surface area contributed by atoms with E-state index in [1.54, 1.807) is 24.3 Å². The van der Waals surface area contributed by atoms with Gasteiger partial charge in [0.05, 0.1) is 13.2 Å². The van der Waals surface area contributed by atoms with Crippen molar-refractivity contribution in [3.05, 3.63) is 59.2 Å². The van der Waals surface area contributed by atoms with E-state index in [4.69, 9.17) is 9.47 Å². The highest BCUT2D eigenvalue weighted by molar-refractivity contribution is 5.96. The molecule has 0 spiro atoms. The third-order valence-electron chi connectivity index (χ3n) is 4.39. The van der Waals surface area contributed by atoms with Gasteiger partial charge >= 0.3 is 0 Å². The summed E-state index contributed by atoms with van der Waals surface area (Å²) in [7, 11) is 0. The Morgan fingerprint density at radius 1 is 0.871 bits per heavy atom. The Bertz CT molecular complexity index is 876. The number of para-hydroxylation sites is 1. The van der Waals surface area contributed by atoms with Gasteiger partial charge in [0, 0.05) is 5.56 Å². The molecule has 0 aliphatic carbocycles. The Labute approximate surface area is 182 Å². The smallest absolute Gasteiger partial charge is 0.276 e. The van der Waals surface area contributed by atoms with Crippen molar-refractivity contribution < 1.29 is 23.9 Å². The molecule has 0 bridgehead atoms. The molecule has 0 fully saturated rings. The summed E-state index contributed by atoms with van der Waals surface area (Å²) in [4.78, 5) is 35.9. The fourth-order valence-corrected chi connectivity index (χ4v) is 2.68. The number of ether oxygens (including phenoxy) is 2. The number of carbonyl (C=O) groups is 3. The Morgan fingerprint density at radius 2 is 1.52 bits per heavy atom. The van der Waals surface area contributed by atoms with Crippen LogP contribution in [0.15, 0.2) is 42.5 Å². The molecule has 31 heavy (non-hydrogen) atoms. The van der Waals surface area contributed by atoms with Gasteiger partial charge in [-0.3, -0.25) is 25.2 Å². The van der Waals surface area contributed by atoms with Crippen molar-refractivity contribution in [3.63, 3.8) is 0 Å². The quantitative estimate of drug-likeness (QED) is 0.399. The van der Waals surface area contributed by atoms with Crippen LogP contribution in [0.1, 0.15) is 41.3 Å². The number of carbonyl (C=O) groups excluding carboxylic acids is 3. The van der Waals surface area contributed by atoms with Crippen LogP contribution in [0.3, 0.4) is 0 Å². The Morgan fingerprint density at radius 3 is 2.16 bits per heavy atom. The van der Waals surface area contributed by atoms with Gasteiger partial charge in [0.1, 0.15) is 11.5 Å². The van der Waals surface area contributed by atoms with Gasteiger partial charge in [-0.05, 0) is 55.7 Å². The van der Waals surface area contributed by atoms with Crippen LogP contribution >= 0.6 is 0 Å². The van der Waals surface area contributed by atoms with E-state index in [-0.39, 0.29) is 13.2 Å². The maximum atomic E-state index is 12.1. The van der Waals surface area contributed by atoms with Crippen LogP contribution in [-0.4, -0.2) is 37.5 Å². The number of hydrogen-bond acceptors (Lipinski definition) is 5. The fourth-order valence-electron chi connectivity index (χ4n) is 2.68. The first-order valence-electron chi connectivity index (χ1n) is 10.2. The molecule has 8 heteroatoms. The summed E-state index contributed by atoms with van der Waals surface area (Å²) in [6.07, 6.45) is 2.01. The third-order valence-corrected chi connectivity index (χ3v) is 4.39. The molecule has 2 aromatic carbocycles. The second kappa shape index (κ2) is 12.2. The molecule has 2 rings (SSSR count). The number of benzene rings is 2. The van der Waals surface area contributed by atoms with Crippen LogP contribution < -0.4 is 25.6 Å². The number of unbranched alkanes of at least 4 members (excludes halogenated alkanes) is 1. The van der Waals surface area contributed by atoms with Gasteiger partial charge in [-0.25, -0.2) is 0 Å². The molecule has 0 radical (unpaired) electrons.